The number of ether oxygens (including phenoxy) is 1. The molecule has 0 saturated carbocycles. The maximum absolute atomic E-state index is 13.0. The lowest BCUT2D eigenvalue weighted by Crippen LogP contribution is -2.14. The van der Waals surface area contributed by atoms with E-state index in [1.54, 1.807) is 36.4 Å². The number of hydrogen-bond donors (Lipinski definition) is 1. The molecule has 0 aliphatic rings. The van der Waals surface area contributed by atoms with Crippen LogP contribution in [0.3, 0.4) is 0 Å². The minimum Gasteiger partial charge on any atom is -0.464 e. The lowest BCUT2D eigenvalue weighted by molar-refractivity contribution is 0.0595. The van der Waals surface area contributed by atoms with Crippen molar-refractivity contribution in [1.29, 1.82) is 0 Å². The molecule has 2 aromatic carbocycles. The molecule has 4 aromatic rings. The molecular formula is C19H14ClN3O4S. The molecule has 0 spiro atoms. The molecule has 2 aromatic heterocycles. The van der Waals surface area contributed by atoms with E-state index < -0.39 is 16.0 Å². The Kier molecular flexibility index (Phi) is 4.44. The molecule has 0 aliphatic carbocycles. The van der Waals surface area contributed by atoms with Crippen molar-refractivity contribution in [2.24, 2.45) is 0 Å². The van der Waals surface area contributed by atoms with Crippen LogP contribution in [0.15, 0.2) is 65.7 Å². The van der Waals surface area contributed by atoms with Gasteiger partial charge in [-0.25, -0.2) is 4.79 Å². The average molecular weight is 416 g/mol. The summed E-state index contributed by atoms with van der Waals surface area (Å²) in [7, 11) is -2.60. The van der Waals surface area contributed by atoms with E-state index in [1.165, 1.54) is 31.5 Å². The number of carbonyl (C=O) groups excluding carboxylic acids is 1. The Labute approximate surface area is 165 Å². The molecule has 28 heavy (non-hydrogen) atoms. The molecule has 4 rings (SSSR count). The summed E-state index contributed by atoms with van der Waals surface area (Å²) in [6.07, 6.45) is 1.46. The summed E-state index contributed by atoms with van der Waals surface area (Å²) in [5.41, 5.74) is 1.81. The number of carbonyl (C=O) groups is 1. The Morgan fingerprint density at radius 1 is 1.14 bits per heavy atom. The third-order valence-corrected chi connectivity index (χ3v) is 6.10. The zero-order valence-corrected chi connectivity index (χ0v) is 16.2. The zero-order chi connectivity index (χ0) is 19.9. The molecule has 0 amide bonds. The predicted octanol–water partition coefficient (Wildman–Crippen LogP) is 3.71. The summed E-state index contributed by atoms with van der Waals surface area (Å²) in [6.45, 7) is 0. The van der Waals surface area contributed by atoms with Gasteiger partial charge in [0.15, 0.2) is 0 Å². The van der Waals surface area contributed by atoms with E-state index in [2.05, 4.69) is 10.1 Å². The van der Waals surface area contributed by atoms with E-state index in [4.69, 9.17) is 16.3 Å². The SMILES string of the molecule is COC(=O)c1ccc(-c2cc(Cl)cc3c2cnn3S(=O)(=O)c2ccccc2)[nH]1. The third kappa shape index (κ3) is 2.96. The molecule has 1 N–H and O–H groups in total. The van der Waals surface area contributed by atoms with Crippen LogP contribution in [0.1, 0.15) is 10.5 Å². The Balaban J connectivity index is 1.91. The first-order valence-electron chi connectivity index (χ1n) is 8.17. The van der Waals surface area contributed by atoms with Crippen molar-refractivity contribution < 1.29 is 17.9 Å². The molecule has 7 nitrogen and oxygen atoms in total. The molecule has 0 bridgehead atoms. The van der Waals surface area contributed by atoms with Crippen molar-refractivity contribution in [3.63, 3.8) is 0 Å². The second-order valence-corrected chi connectivity index (χ2v) is 8.17. The topological polar surface area (TPSA) is 94.0 Å². The van der Waals surface area contributed by atoms with Crippen LogP contribution in [0.2, 0.25) is 5.02 Å². The van der Waals surface area contributed by atoms with E-state index in [1.807, 2.05) is 0 Å². The van der Waals surface area contributed by atoms with Gasteiger partial charge in [0, 0.05) is 21.7 Å². The Hall–Kier alpha value is -3.10. The number of nitrogens with zero attached hydrogens (tertiary/aromatic N) is 2. The standard InChI is InChI=1S/C19H14ClN3O4S/c1-27-19(24)17-8-7-16(22-17)14-9-12(20)10-18-15(14)11-21-23(18)28(25,26)13-5-3-2-4-6-13/h2-11,22H,1H3. The van der Waals surface area contributed by atoms with Gasteiger partial charge in [-0.05, 0) is 36.4 Å². The molecule has 0 saturated heterocycles. The number of nitrogens with one attached hydrogen (secondary N) is 1. The van der Waals surface area contributed by atoms with Gasteiger partial charge in [0.25, 0.3) is 10.0 Å². The smallest absolute Gasteiger partial charge is 0.354 e. The fourth-order valence-electron chi connectivity index (χ4n) is 2.96. The second-order valence-electron chi connectivity index (χ2n) is 5.97. The number of rotatable bonds is 4. The van der Waals surface area contributed by atoms with Gasteiger partial charge in [0.05, 0.1) is 23.7 Å². The van der Waals surface area contributed by atoms with Crippen LogP contribution >= 0.6 is 11.6 Å². The van der Waals surface area contributed by atoms with Crippen LogP contribution in [0.25, 0.3) is 22.2 Å². The highest BCUT2D eigenvalue weighted by Gasteiger charge is 2.22. The minimum absolute atomic E-state index is 0.120. The van der Waals surface area contributed by atoms with Crippen molar-refractivity contribution in [1.82, 2.24) is 14.2 Å². The van der Waals surface area contributed by atoms with E-state index in [-0.39, 0.29) is 10.6 Å². The first-order valence-corrected chi connectivity index (χ1v) is 9.99. The zero-order valence-electron chi connectivity index (χ0n) is 14.6. The lowest BCUT2D eigenvalue weighted by atomic mass is 10.1. The number of halogens is 1. The summed E-state index contributed by atoms with van der Waals surface area (Å²) >= 11 is 6.25. The first-order chi connectivity index (χ1) is 13.4. The average Bonchev–Trinajstić information content (AvgIpc) is 3.35. The molecular weight excluding hydrogens is 402 g/mol. The number of fused-ring (bicyclic) bond motifs is 1. The molecule has 2 heterocycles. The van der Waals surface area contributed by atoms with Crippen LogP contribution < -0.4 is 0 Å². The van der Waals surface area contributed by atoms with Crippen LogP contribution in [0.4, 0.5) is 0 Å². The van der Waals surface area contributed by atoms with Crippen molar-refractivity contribution in [2.45, 2.75) is 4.90 Å². The van der Waals surface area contributed by atoms with Crippen molar-refractivity contribution in [2.75, 3.05) is 7.11 Å². The number of esters is 1. The summed E-state index contributed by atoms with van der Waals surface area (Å²) < 4.78 is 31.6. The number of aromatic nitrogens is 3. The highest BCUT2D eigenvalue weighted by atomic mass is 35.5. The van der Waals surface area contributed by atoms with E-state index in [0.29, 0.717) is 27.2 Å². The number of benzene rings is 2. The summed E-state index contributed by atoms with van der Waals surface area (Å²) in [4.78, 5) is 14.8. The van der Waals surface area contributed by atoms with Gasteiger partial charge in [-0.1, -0.05) is 29.8 Å². The maximum atomic E-state index is 13.0. The highest BCUT2D eigenvalue weighted by molar-refractivity contribution is 7.90. The second kappa shape index (κ2) is 6.81. The van der Waals surface area contributed by atoms with Crippen LogP contribution in [-0.4, -0.2) is 35.7 Å². The Morgan fingerprint density at radius 2 is 1.89 bits per heavy atom. The third-order valence-electron chi connectivity index (χ3n) is 4.27. The van der Waals surface area contributed by atoms with Gasteiger partial charge >= 0.3 is 5.97 Å². The summed E-state index contributed by atoms with van der Waals surface area (Å²) in [5, 5.41) is 5.00. The molecule has 0 atom stereocenters. The number of H-pyrrole nitrogens is 1. The number of aromatic amines is 1. The molecule has 9 heteroatoms. The predicted molar refractivity (Wildman–Crippen MR) is 105 cm³/mol. The molecule has 0 radical (unpaired) electrons. The fraction of sp³-hybridized carbons (Fsp3) is 0.0526. The van der Waals surface area contributed by atoms with Crippen LogP contribution in [0, 0.1) is 0 Å². The van der Waals surface area contributed by atoms with Gasteiger partial charge in [-0.3, -0.25) is 0 Å². The van der Waals surface area contributed by atoms with E-state index >= 15 is 0 Å². The van der Waals surface area contributed by atoms with E-state index in [0.717, 1.165) is 4.09 Å². The fourth-order valence-corrected chi connectivity index (χ4v) is 4.45. The normalized spacial score (nSPS) is 11.6. The van der Waals surface area contributed by atoms with Gasteiger partial charge in [0.2, 0.25) is 0 Å². The lowest BCUT2D eigenvalue weighted by Gasteiger charge is -2.07. The summed E-state index contributed by atoms with van der Waals surface area (Å²) in [6, 6.07) is 14.5. The van der Waals surface area contributed by atoms with Crippen molar-refractivity contribution >= 4 is 38.5 Å². The highest BCUT2D eigenvalue weighted by Crippen LogP contribution is 2.33. The molecule has 0 fully saturated rings. The van der Waals surface area contributed by atoms with Crippen molar-refractivity contribution in [3.8, 4) is 11.3 Å². The number of hydrogen-bond acceptors (Lipinski definition) is 5. The van der Waals surface area contributed by atoms with Crippen LogP contribution in [-0.2, 0) is 14.8 Å². The van der Waals surface area contributed by atoms with E-state index in [9.17, 15) is 13.2 Å². The largest absolute Gasteiger partial charge is 0.464 e. The van der Waals surface area contributed by atoms with Gasteiger partial charge in [-0.15, -0.1) is 0 Å². The van der Waals surface area contributed by atoms with Gasteiger partial charge in [-0.2, -0.15) is 17.6 Å². The molecule has 142 valence electrons. The number of methoxy groups -OCH3 is 1. The van der Waals surface area contributed by atoms with Gasteiger partial charge < -0.3 is 9.72 Å². The van der Waals surface area contributed by atoms with Crippen LogP contribution in [0.5, 0.6) is 0 Å². The first kappa shape index (κ1) is 18.3. The monoisotopic (exact) mass is 415 g/mol. The Bertz CT molecular complexity index is 1290. The Morgan fingerprint density at radius 3 is 2.61 bits per heavy atom. The van der Waals surface area contributed by atoms with Gasteiger partial charge in [0.1, 0.15) is 5.69 Å². The molecule has 0 unspecified atom stereocenters. The minimum atomic E-state index is -3.89. The summed E-state index contributed by atoms with van der Waals surface area (Å²) in [5.74, 6) is -0.508. The molecule has 0 aliphatic heterocycles. The maximum Gasteiger partial charge on any atom is 0.354 e. The quantitative estimate of drug-likeness (QED) is 0.513. The van der Waals surface area contributed by atoms with Crippen molar-refractivity contribution in [3.05, 3.63) is 71.5 Å².